The molecular formula is C5H12BO2. The van der Waals surface area contributed by atoms with Crippen molar-refractivity contribution in [1.29, 1.82) is 0 Å². The van der Waals surface area contributed by atoms with Gasteiger partial charge >= 0.3 is 7.69 Å². The summed E-state index contributed by atoms with van der Waals surface area (Å²) in [6, 6.07) is 0. The second kappa shape index (κ2) is 3.10. The van der Waals surface area contributed by atoms with Crippen LogP contribution in [-0.2, 0) is 9.31 Å². The van der Waals surface area contributed by atoms with Crippen molar-refractivity contribution in [2.75, 3.05) is 7.11 Å². The lowest BCUT2D eigenvalue weighted by Crippen LogP contribution is -2.22. The molecule has 0 aromatic heterocycles. The van der Waals surface area contributed by atoms with Crippen molar-refractivity contribution in [3.05, 3.63) is 0 Å². The van der Waals surface area contributed by atoms with E-state index in [0.717, 1.165) is 0 Å². The molecule has 0 aliphatic rings. The zero-order chi connectivity index (χ0) is 6.62. The van der Waals surface area contributed by atoms with Crippen LogP contribution in [0.5, 0.6) is 0 Å². The maximum Gasteiger partial charge on any atom is 0.488 e. The van der Waals surface area contributed by atoms with E-state index in [2.05, 4.69) is 4.65 Å². The second-order valence-corrected chi connectivity index (χ2v) is 2.56. The van der Waals surface area contributed by atoms with Crippen molar-refractivity contribution < 1.29 is 9.31 Å². The molecule has 0 rings (SSSR count). The molecule has 0 spiro atoms. The Morgan fingerprint density at radius 3 is 1.88 bits per heavy atom. The quantitative estimate of drug-likeness (QED) is 0.499. The molecule has 0 aliphatic heterocycles. The van der Waals surface area contributed by atoms with Crippen molar-refractivity contribution in [2.24, 2.45) is 0 Å². The predicted molar refractivity (Wildman–Crippen MR) is 33.6 cm³/mol. The Hall–Kier alpha value is -0.0151. The molecule has 8 heavy (non-hydrogen) atoms. The molecule has 47 valence electrons. The molecule has 0 fully saturated rings. The van der Waals surface area contributed by atoms with Crippen molar-refractivity contribution in [3.8, 4) is 0 Å². The molecule has 0 aromatic carbocycles. The van der Waals surface area contributed by atoms with E-state index in [1.807, 2.05) is 20.8 Å². The van der Waals surface area contributed by atoms with E-state index in [1.54, 1.807) is 7.11 Å². The van der Waals surface area contributed by atoms with Gasteiger partial charge in [-0.05, 0) is 20.8 Å². The Kier molecular flexibility index (Phi) is 3.09. The van der Waals surface area contributed by atoms with Crippen LogP contribution in [0, 0.1) is 0 Å². The molecule has 0 heterocycles. The van der Waals surface area contributed by atoms with E-state index in [9.17, 15) is 0 Å². The van der Waals surface area contributed by atoms with Crippen LogP contribution in [0.2, 0.25) is 0 Å². The Bertz CT molecular complexity index is 57.9. The van der Waals surface area contributed by atoms with Gasteiger partial charge in [-0.25, -0.2) is 0 Å². The maximum absolute atomic E-state index is 5.03. The van der Waals surface area contributed by atoms with Crippen molar-refractivity contribution in [2.45, 2.75) is 26.4 Å². The van der Waals surface area contributed by atoms with Crippen LogP contribution in [-0.4, -0.2) is 20.4 Å². The number of hydrogen-bond donors (Lipinski definition) is 0. The standard InChI is InChI=1S/C5H12BO2/c1-5(2,3)8-6-7-4/h1-4H3. The van der Waals surface area contributed by atoms with Crippen molar-refractivity contribution in [1.82, 2.24) is 0 Å². The first-order valence-electron chi connectivity index (χ1n) is 2.58. The van der Waals surface area contributed by atoms with E-state index in [4.69, 9.17) is 4.65 Å². The normalized spacial score (nSPS) is 11.5. The fourth-order valence-corrected chi connectivity index (χ4v) is 0.192. The largest absolute Gasteiger partial charge is 0.488 e. The highest BCUT2D eigenvalue weighted by atomic mass is 16.6. The minimum absolute atomic E-state index is 0.129. The molecule has 0 saturated heterocycles. The summed E-state index contributed by atoms with van der Waals surface area (Å²) in [4.78, 5) is 0. The van der Waals surface area contributed by atoms with E-state index in [0.29, 0.717) is 0 Å². The summed E-state index contributed by atoms with van der Waals surface area (Å²) in [6.07, 6.45) is 0. The highest BCUT2D eigenvalue weighted by Crippen LogP contribution is 2.03. The molecule has 0 aliphatic carbocycles. The molecule has 0 atom stereocenters. The topological polar surface area (TPSA) is 18.5 Å². The Morgan fingerprint density at radius 1 is 1.25 bits per heavy atom. The first-order chi connectivity index (χ1) is 3.56. The van der Waals surface area contributed by atoms with Crippen molar-refractivity contribution in [3.63, 3.8) is 0 Å². The van der Waals surface area contributed by atoms with E-state index in [-0.39, 0.29) is 5.60 Å². The first-order valence-corrected chi connectivity index (χ1v) is 2.58. The number of hydrogen-bond acceptors (Lipinski definition) is 2. The third-order valence-electron chi connectivity index (χ3n) is 0.498. The first kappa shape index (κ1) is 7.98. The summed E-state index contributed by atoms with van der Waals surface area (Å²) in [5, 5.41) is 0. The molecule has 2 nitrogen and oxygen atoms in total. The zero-order valence-corrected chi connectivity index (χ0v) is 5.89. The van der Waals surface area contributed by atoms with Gasteiger partial charge in [-0.3, -0.25) is 0 Å². The lowest BCUT2D eigenvalue weighted by Gasteiger charge is -2.17. The van der Waals surface area contributed by atoms with Gasteiger partial charge in [0.1, 0.15) is 0 Å². The van der Waals surface area contributed by atoms with Gasteiger partial charge in [0, 0.05) is 12.7 Å². The van der Waals surface area contributed by atoms with Crippen LogP contribution >= 0.6 is 0 Å². The number of rotatable bonds is 2. The fourth-order valence-electron chi connectivity index (χ4n) is 0.192. The summed E-state index contributed by atoms with van der Waals surface area (Å²) in [5.74, 6) is 0. The van der Waals surface area contributed by atoms with Gasteiger partial charge in [-0.1, -0.05) is 0 Å². The average Bonchev–Trinajstić information content (AvgIpc) is 1.59. The Balaban J connectivity index is 3.11. The van der Waals surface area contributed by atoms with Gasteiger partial charge in [0.25, 0.3) is 0 Å². The predicted octanol–water partition coefficient (Wildman–Crippen LogP) is 0.982. The zero-order valence-electron chi connectivity index (χ0n) is 5.89. The molecule has 0 unspecified atom stereocenters. The third-order valence-corrected chi connectivity index (χ3v) is 0.498. The van der Waals surface area contributed by atoms with Gasteiger partial charge in [0.15, 0.2) is 0 Å². The summed E-state index contributed by atoms with van der Waals surface area (Å²) in [5.41, 5.74) is -0.129. The van der Waals surface area contributed by atoms with E-state index >= 15 is 0 Å². The molecule has 3 heteroatoms. The summed E-state index contributed by atoms with van der Waals surface area (Å²) < 4.78 is 9.60. The van der Waals surface area contributed by atoms with Crippen LogP contribution in [0.1, 0.15) is 20.8 Å². The van der Waals surface area contributed by atoms with Crippen LogP contribution in [0.3, 0.4) is 0 Å². The smallest absolute Gasteiger partial charge is 0.416 e. The minimum atomic E-state index is -0.129. The average molecular weight is 115 g/mol. The Morgan fingerprint density at radius 2 is 1.75 bits per heavy atom. The van der Waals surface area contributed by atoms with Gasteiger partial charge in [0.2, 0.25) is 0 Å². The summed E-state index contributed by atoms with van der Waals surface area (Å²) >= 11 is 0. The Labute approximate surface area is 51.5 Å². The molecular weight excluding hydrogens is 103 g/mol. The van der Waals surface area contributed by atoms with Crippen LogP contribution in [0.25, 0.3) is 0 Å². The van der Waals surface area contributed by atoms with Gasteiger partial charge in [-0.15, -0.1) is 0 Å². The van der Waals surface area contributed by atoms with Gasteiger partial charge in [-0.2, -0.15) is 0 Å². The van der Waals surface area contributed by atoms with Crippen LogP contribution in [0.4, 0.5) is 0 Å². The lowest BCUT2D eigenvalue weighted by atomic mass is 10.1. The highest BCUT2D eigenvalue weighted by molar-refractivity contribution is 6.18. The van der Waals surface area contributed by atoms with Crippen LogP contribution < -0.4 is 0 Å². The van der Waals surface area contributed by atoms with E-state index in [1.165, 1.54) is 7.69 Å². The minimum Gasteiger partial charge on any atom is -0.416 e. The van der Waals surface area contributed by atoms with Gasteiger partial charge in [0.05, 0.1) is 0 Å². The SMILES string of the molecule is CO[B]OC(C)(C)C. The molecule has 0 bridgehead atoms. The lowest BCUT2D eigenvalue weighted by molar-refractivity contribution is 0.107. The molecule has 0 saturated carbocycles. The molecule has 1 radical (unpaired) electrons. The molecule has 0 amide bonds. The summed E-state index contributed by atoms with van der Waals surface area (Å²) in [6.45, 7) is 5.88. The van der Waals surface area contributed by atoms with Crippen LogP contribution in [0.15, 0.2) is 0 Å². The molecule has 0 N–H and O–H groups in total. The van der Waals surface area contributed by atoms with E-state index < -0.39 is 0 Å². The van der Waals surface area contributed by atoms with Crippen molar-refractivity contribution >= 4 is 7.69 Å². The molecule has 0 aromatic rings. The second-order valence-electron chi connectivity index (χ2n) is 2.56. The highest BCUT2D eigenvalue weighted by Gasteiger charge is 2.09. The maximum atomic E-state index is 5.03. The van der Waals surface area contributed by atoms with Gasteiger partial charge < -0.3 is 9.31 Å². The monoisotopic (exact) mass is 115 g/mol. The third kappa shape index (κ3) is 5.98. The fraction of sp³-hybridized carbons (Fsp3) is 1.00. The summed E-state index contributed by atoms with van der Waals surface area (Å²) in [7, 11) is 2.89.